The SMILES string of the molecule is C[Si](C)(O[SiH3])OP(=O)(O)O. The van der Waals surface area contributed by atoms with Crippen LogP contribution in [0.5, 0.6) is 0 Å². The Morgan fingerprint density at radius 1 is 1.50 bits per heavy atom. The molecule has 0 radical (unpaired) electrons. The average Bonchev–Trinajstić information content (AvgIpc) is 1.60. The second kappa shape index (κ2) is 3.27. The summed E-state index contributed by atoms with van der Waals surface area (Å²) < 4.78 is 19.5. The summed E-state index contributed by atoms with van der Waals surface area (Å²) in [5.74, 6) is 0. The first-order chi connectivity index (χ1) is 4.27. The van der Waals surface area contributed by atoms with Crippen molar-refractivity contribution in [1.82, 2.24) is 0 Å². The molecule has 0 unspecified atom stereocenters. The van der Waals surface area contributed by atoms with Gasteiger partial charge in [0, 0.05) is 0 Å². The number of rotatable bonds is 3. The summed E-state index contributed by atoms with van der Waals surface area (Å²) in [6.45, 7) is 3.16. The lowest BCUT2D eigenvalue weighted by Gasteiger charge is -2.20. The first kappa shape index (κ1) is 10.5. The van der Waals surface area contributed by atoms with Gasteiger partial charge < -0.3 is 18.1 Å². The smallest absolute Gasteiger partial charge is 0.444 e. The molecular formula is C2H11O5PSi2. The normalized spacial score (nSPS) is 14.0. The molecule has 0 bridgehead atoms. The van der Waals surface area contributed by atoms with Crippen LogP contribution < -0.4 is 0 Å². The maximum atomic E-state index is 10.2. The minimum Gasteiger partial charge on any atom is -0.444 e. The van der Waals surface area contributed by atoms with Crippen molar-refractivity contribution in [2.24, 2.45) is 0 Å². The van der Waals surface area contributed by atoms with Gasteiger partial charge in [0.2, 0.25) is 0 Å². The molecule has 0 aromatic heterocycles. The van der Waals surface area contributed by atoms with Crippen LogP contribution in [0.2, 0.25) is 13.1 Å². The third-order valence-corrected chi connectivity index (χ3v) is 7.47. The summed E-state index contributed by atoms with van der Waals surface area (Å²) in [4.78, 5) is 16.7. The van der Waals surface area contributed by atoms with Gasteiger partial charge in [0.1, 0.15) is 10.5 Å². The Morgan fingerprint density at radius 3 is 2.00 bits per heavy atom. The molecule has 0 aliphatic rings. The minimum atomic E-state index is -4.34. The highest BCUT2D eigenvalue weighted by molar-refractivity contribution is 7.48. The van der Waals surface area contributed by atoms with Gasteiger partial charge in [0.25, 0.3) is 0 Å². The van der Waals surface area contributed by atoms with Crippen molar-refractivity contribution in [2.75, 3.05) is 0 Å². The molecule has 0 aliphatic heterocycles. The molecule has 5 nitrogen and oxygen atoms in total. The van der Waals surface area contributed by atoms with Crippen LogP contribution >= 0.6 is 7.82 Å². The molecule has 0 amide bonds. The molecule has 0 aromatic carbocycles. The van der Waals surface area contributed by atoms with E-state index in [9.17, 15) is 4.57 Å². The van der Waals surface area contributed by atoms with Crippen LogP contribution in [0.4, 0.5) is 0 Å². The van der Waals surface area contributed by atoms with Crippen molar-refractivity contribution >= 4 is 26.9 Å². The molecule has 0 fully saturated rings. The summed E-state index contributed by atoms with van der Waals surface area (Å²) in [6.07, 6.45) is 0. The van der Waals surface area contributed by atoms with Crippen LogP contribution in [-0.4, -0.2) is 28.8 Å². The van der Waals surface area contributed by atoms with E-state index >= 15 is 0 Å². The Kier molecular flexibility index (Phi) is 3.43. The largest absolute Gasteiger partial charge is 0.461 e. The minimum absolute atomic E-state index is 0.434. The predicted molar refractivity (Wildman–Crippen MR) is 41.6 cm³/mol. The van der Waals surface area contributed by atoms with Gasteiger partial charge in [-0.1, -0.05) is 0 Å². The van der Waals surface area contributed by atoms with Crippen LogP contribution in [0.3, 0.4) is 0 Å². The van der Waals surface area contributed by atoms with E-state index in [0.29, 0.717) is 10.5 Å². The molecular weight excluding hydrogens is 191 g/mol. The lowest BCUT2D eigenvalue weighted by Crippen LogP contribution is -2.32. The topological polar surface area (TPSA) is 76.0 Å². The number of hydrogen-bond donors (Lipinski definition) is 2. The molecule has 0 saturated carbocycles. The first-order valence-corrected chi connectivity index (χ1v) is 7.74. The van der Waals surface area contributed by atoms with Crippen molar-refractivity contribution in [3.63, 3.8) is 0 Å². The van der Waals surface area contributed by atoms with E-state index in [0.717, 1.165) is 0 Å². The maximum absolute atomic E-state index is 10.2. The highest BCUT2D eigenvalue weighted by atomic mass is 31.2. The zero-order chi connectivity index (χ0) is 8.41. The molecule has 0 spiro atoms. The lowest BCUT2D eigenvalue weighted by molar-refractivity contribution is 0.260. The quantitative estimate of drug-likeness (QED) is 0.458. The highest BCUT2D eigenvalue weighted by Gasteiger charge is 2.31. The fraction of sp³-hybridized carbons (Fsp3) is 1.00. The second-order valence-corrected chi connectivity index (χ2v) is 8.33. The monoisotopic (exact) mass is 202 g/mol. The van der Waals surface area contributed by atoms with Crippen molar-refractivity contribution < 1.29 is 22.7 Å². The maximum Gasteiger partial charge on any atom is 0.461 e. The van der Waals surface area contributed by atoms with E-state index in [4.69, 9.17) is 13.9 Å². The van der Waals surface area contributed by atoms with Gasteiger partial charge in [-0.3, -0.25) is 0 Å². The molecule has 10 heavy (non-hydrogen) atoms. The van der Waals surface area contributed by atoms with E-state index in [2.05, 4.69) is 4.21 Å². The van der Waals surface area contributed by atoms with Crippen molar-refractivity contribution in [2.45, 2.75) is 13.1 Å². The van der Waals surface area contributed by atoms with Crippen molar-refractivity contribution in [3.8, 4) is 0 Å². The lowest BCUT2D eigenvalue weighted by atomic mass is 11.9. The fourth-order valence-electron chi connectivity index (χ4n) is 0.324. The number of phosphoric acid groups is 1. The van der Waals surface area contributed by atoms with Crippen molar-refractivity contribution in [3.05, 3.63) is 0 Å². The van der Waals surface area contributed by atoms with Gasteiger partial charge >= 0.3 is 16.4 Å². The fourth-order valence-corrected chi connectivity index (χ4v) is 3.58. The van der Waals surface area contributed by atoms with E-state index in [1.165, 1.54) is 0 Å². The average molecular weight is 202 g/mol. The summed E-state index contributed by atoms with van der Waals surface area (Å²) >= 11 is 0. The number of hydrogen-bond acceptors (Lipinski definition) is 3. The van der Waals surface area contributed by atoms with Crippen LogP contribution in [0.15, 0.2) is 0 Å². The molecule has 0 aromatic rings. The van der Waals surface area contributed by atoms with Crippen LogP contribution in [0, 0.1) is 0 Å². The Bertz CT molecular complexity index is 152. The molecule has 62 valence electrons. The molecule has 0 atom stereocenters. The molecule has 8 heteroatoms. The van der Waals surface area contributed by atoms with E-state index in [1.807, 2.05) is 0 Å². The molecule has 0 aliphatic carbocycles. The molecule has 0 saturated heterocycles. The Morgan fingerprint density at radius 2 is 1.90 bits per heavy atom. The summed E-state index contributed by atoms with van der Waals surface area (Å²) in [5, 5.41) is 0. The second-order valence-electron chi connectivity index (χ2n) is 2.19. The van der Waals surface area contributed by atoms with E-state index in [-0.39, 0.29) is 0 Å². The van der Waals surface area contributed by atoms with Gasteiger partial charge in [0.05, 0.1) is 0 Å². The van der Waals surface area contributed by atoms with E-state index in [1.54, 1.807) is 13.1 Å². The Balaban J connectivity index is 4.02. The zero-order valence-corrected chi connectivity index (χ0v) is 9.96. The third kappa shape index (κ3) is 5.30. The summed E-state index contributed by atoms with van der Waals surface area (Å²) in [7, 11) is -6.42. The van der Waals surface area contributed by atoms with Crippen LogP contribution in [0.1, 0.15) is 0 Å². The zero-order valence-electron chi connectivity index (χ0n) is 6.07. The molecule has 0 rings (SSSR count). The standard InChI is InChI=1S/C2H11O5PSi2/c1-10(2,7-9)6-8(3,4)5/h1-2,9H3,(H2,3,4,5). The van der Waals surface area contributed by atoms with E-state index < -0.39 is 16.4 Å². The first-order valence-electron chi connectivity index (χ1n) is 2.58. The van der Waals surface area contributed by atoms with Gasteiger partial charge in [-0.2, -0.15) is 0 Å². The summed E-state index contributed by atoms with van der Waals surface area (Å²) in [6, 6.07) is 0. The summed E-state index contributed by atoms with van der Waals surface area (Å²) in [5.41, 5.74) is 0. The third-order valence-electron chi connectivity index (χ3n) is 0.830. The molecule has 0 heterocycles. The molecule has 2 N–H and O–H groups in total. The van der Waals surface area contributed by atoms with Gasteiger partial charge in [-0.15, -0.1) is 0 Å². The van der Waals surface area contributed by atoms with Gasteiger partial charge in [0.15, 0.2) is 0 Å². The van der Waals surface area contributed by atoms with Gasteiger partial charge in [-0.25, -0.2) is 4.57 Å². The predicted octanol–water partition coefficient (Wildman–Crippen LogP) is -0.906. The Labute approximate surface area is 63.4 Å². The van der Waals surface area contributed by atoms with Gasteiger partial charge in [-0.05, 0) is 13.1 Å². The Hall–Kier alpha value is 0.504. The highest BCUT2D eigenvalue weighted by Crippen LogP contribution is 2.39. The van der Waals surface area contributed by atoms with Crippen LogP contribution in [-0.2, 0) is 12.9 Å². The van der Waals surface area contributed by atoms with Crippen LogP contribution in [0.25, 0.3) is 0 Å². The van der Waals surface area contributed by atoms with Crippen molar-refractivity contribution in [1.29, 1.82) is 0 Å².